The van der Waals surface area contributed by atoms with E-state index in [0.29, 0.717) is 6.07 Å². The van der Waals surface area contributed by atoms with Crippen molar-refractivity contribution in [3.05, 3.63) is 35.1 Å². The maximum absolute atomic E-state index is 13.1. The largest absolute Gasteiger partial charge is 0.419 e. The summed E-state index contributed by atoms with van der Waals surface area (Å²) in [5.41, 5.74) is 4.54. The third-order valence-electron chi connectivity index (χ3n) is 2.07. The second-order valence-electron chi connectivity index (χ2n) is 3.30. The molecule has 0 radical (unpaired) electrons. The number of hydrogen-bond acceptors (Lipinski definition) is 2. The van der Waals surface area contributed by atoms with Crippen LogP contribution in [0.25, 0.3) is 0 Å². The van der Waals surface area contributed by atoms with E-state index in [9.17, 15) is 17.6 Å². The standard InChI is InChI=1S/C10H11F4NO.ClH/c1-16-5-9(15)6-2-3-7(8(11)4-6)10(12,13)14;/h2-4,9H,5,15H2,1H3;1H. The quantitative estimate of drug-likeness (QED) is 0.860. The van der Waals surface area contributed by atoms with Gasteiger partial charge in [-0.1, -0.05) is 6.07 Å². The highest BCUT2D eigenvalue weighted by Crippen LogP contribution is 2.32. The van der Waals surface area contributed by atoms with Crippen LogP contribution in [0.3, 0.4) is 0 Å². The molecule has 1 aromatic rings. The molecule has 0 saturated heterocycles. The van der Waals surface area contributed by atoms with Crippen LogP contribution in [0, 0.1) is 5.82 Å². The van der Waals surface area contributed by atoms with Crippen LogP contribution in [0.15, 0.2) is 18.2 Å². The van der Waals surface area contributed by atoms with Crippen molar-refractivity contribution in [3.63, 3.8) is 0 Å². The van der Waals surface area contributed by atoms with Crippen LogP contribution in [-0.2, 0) is 10.9 Å². The first-order valence-corrected chi connectivity index (χ1v) is 4.47. The number of nitrogens with two attached hydrogens (primary N) is 1. The van der Waals surface area contributed by atoms with E-state index < -0.39 is 23.6 Å². The van der Waals surface area contributed by atoms with Gasteiger partial charge < -0.3 is 10.5 Å². The van der Waals surface area contributed by atoms with Gasteiger partial charge in [-0.3, -0.25) is 0 Å². The molecule has 0 aliphatic rings. The molecule has 7 heteroatoms. The Labute approximate surface area is 102 Å². The Morgan fingerprint density at radius 1 is 1.35 bits per heavy atom. The first kappa shape index (κ1) is 16.1. The van der Waals surface area contributed by atoms with Gasteiger partial charge in [-0.05, 0) is 17.7 Å². The van der Waals surface area contributed by atoms with Gasteiger partial charge in [0, 0.05) is 7.11 Å². The Bertz CT molecular complexity index is 370. The van der Waals surface area contributed by atoms with E-state index in [4.69, 9.17) is 10.5 Å². The highest BCUT2D eigenvalue weighted by molar-refractivity contribution is 5.85. The van der Waals surface area contributed by atoms with Crippen molar-refractivity contribution in [1.82, 2.24) is 0 Å². The number of benzene rings is 1. The molecule has 0 aliphatic heterocycles. The molecule has 1 rings (SSSR count). The van der Waals surface area contributed by atoms with Gasteiger partial charge >= 0.3 is 6.18 Å². The molecule has 0 saturated carbocycles. The van der Waals surface area contributed by atoms with Crippen LogP contribution in [0.2, 0.25) is 0 Å². The zero-order chi connectivity index (χ0) is 12.3. The van der Waals surface area contributed by atoms with Crippen molar-refractivity contribution in [1.29, 1.82) is 0 Å². The van der Waals surface area contributed by atoms with E-state index in [2.05, 4.69) is 0 Å². The topological polar surface area (TPSA) is 35.2 Å². The van der Waals surface area contributed by atoms with E-state index in [0.717, 1.165) is 12.1 Å². The van der Waals surface area contributed by atoms with Gasteiger partial charge in [-0.25, -0.2) is 4.39 Å². The number of methoxy groups -OCH3 is 1. The molecule has 2 N–H and O–H groups in total. The van der Waals surface area contributed by atoms with Gasteiger partial charge in [0.1, 0.15) is 5.82 Å². The molecule has 1 atom stereocenters. The van der Waals surface area contributed by atoms with Crippen LogP contribution in [-0.4, -0.2) is 13.7 Å². The van der Waals surface area contributed by atoms with Crippen LogP contribution in [0.4, 0.5) is 17.6 Å². The van der Waals surface area contributed by atoms with E-state index in [1.165, 1.54) is 7.11 Å². The molecule has 0 aromatic heterocycles. The van der Waals surface area contributed by atoms with E-state index >= 15 is 0 Å². The van der Waals surface area contributed by atoms with Crippen LogP contribution in [0.5, 0.6) is 0 Å². The SMILES string of the molecule is COCC(N)c1ccc(C(F)(F)F)c(F)c1.Cl. The van der Waals surface area contributed by atoms with Crippen LogP contribution in [0.1, 0.15) is 17.2 Å². The summed E-state index contributed by atoms with van der Waals surface area (Å²) in [6.07, 6.45) is -4.69. The molecule has 0 aliphatic carbocycles. The van der Waals surface area contributed by atoms with Crippen LogP contribution >= 0.6 is 12.4 Å². The van der Waals surface area contributed by atoms with Crippen molar-refractivity contribution < 1.29 is 22.3 Å². The highest BCUT2D eigenvalue weighted by Gasteiger charge is 2.34. The molecule has 2 nitrogen and oxygen atoms in total. The average molecular weight is 274 g/mol. The van der Waals surface area contributed by atoms with Crippen molar-refractivity contribution >= 4 is 12.4 Å². The fourth-order valence-electron chi connectivity index (χ4n) is 1.27. The van der Waals surface area contributed by atoms with Gasteiger partial charge in [0.25, 0.3) is 0 Å². The molecule has 0 bridgehead atoms. The number of alkyl halides is 3. The first-order chi connectivity index (χ1) is 7.36. The molecule has 0 heterocycles. The lowest BCUT2D eigenvalue weighted by atomic mass is 10.1. The Morgan fingerprint density at radius 2 is 1.94 bits per heavy atom. The maximum atomic E-state index is 13.1. The minimum Gasteiger partial charge on any atom is -0.383 e. The fraction of sp³-hybridized carbons (Fsp3) is 0.400. The molecule has 17 heavy (non-hydrogen) atoms. The Balaban J connectivity index is 0.00000256. The van der Waals surface area contributed by atoms with E-state index in [1.807, 2.05) is 0 Å². The molecule has 98 valence electrons. The molecule has 1 unspecified atom stereocenters. The zero-order valence-corrected chi connectivity index (χ0v) is 9.74. The summed E-state index contributed by atoms with van der Waals surface area (Å²) in [5, 5.41) is 0. The van der Waals surface area contributed by atoms with Crippen molar-refractivity contribution in [2.24, 2.45) is 5.73 Å². The minimum absolute atomic E-state index is 0. The van der Waals surface area contributed by atoms with Crippen LogP contribution < -0.4 is 5.73 Å². The van der Waals surface area contributed by atoms with Gasteiger partial charge in [-0.15, -0.1) is 12.4 Å². The third-order valence-corrected chi connectivity index (χ3v) is 2.07. The molecule has 0 fully saturated rings. The summed E-state index contributed by atoms with van der Waals surface area (Å²) < 4.78 is 54.6. The highest BCUT2D eigenvalue weighted by atomic mass is 35.5. The first-order valence-electron chi connectivity index (χ1n) is 4.47. The average Bonchev–Trinajstić information content (AvgIpc) is 2.16. The second kappa shape index (κ2) is 6.18. The number of halogens is 5. The lowest BCUT2D eigenvalue weighted by Crippen LogP contribution is -2.17. The summed E-state index contributed by atoms with van der Waals surface area (Å²) in [6, 6.07) is 1.98. The molecule has 1 aromatic carbocycles. The summed E-state index contributed by atoms with van der Waals surface area (Å²) in [5.74, 6) is -1.32. The Hall–Kier alpha value is -0.850. The predicted octanol–water partition coefficient (Wildman–Crippen LogP) is 2.91. The summed E-state index contributed by atoms with van der Waals surface area (Å²) >= 11 is 0. The number of ether oxygens (including phenoxy) is 1. The second-order valence-corrected chi connectivity index (χ2v) is 3.30. The predicted molar refractivity (Wildman–Crippen MR) is 57.5 cm³/mol. The zero-order valence-electron chi connectivity index (χ0n) is 8.92. The van der Waals surface area contributed by atoms with Gasteiger partial charge in [0.2, 0.25) is 0 Å². The normalized spacial score (nSPS) is 13.1. The molecule has 0 spiro atoms. The lowest BCUT2D eigenvalue weighted by Gasteiger charge is -2.13. The smallest absolute Gasteiger partial charge is 0.383 e. The minimum atomic E-state index is -4.69. The van der Waals surface area contributed by atoms with Crippen molar-refractivity contribution in [3.8, 4) is 0 Å². The third kappa shape index (κ3) is 4.14. The Kier molecular flexibility index (Phi) is 5.87. The van der Waals surface area contributed by atoms with Gasteiger partial charge in [0.15, 0.2) is 0 Å². The van der Waals surface area contributed by atoms with Gasteiger partial charge in [-0.2, -0.15) is 13.2 Å². The maximum Gasteiger partial charge on any atom is 0.419 e. The molecular formula is C10H12ClF4NO. The molecular weight excluding hydrogens is 262 g/mol. The van der Waals surface area contributed by atoms with E-state index in [-0.39, 0.29) is 24.6 Å². The lowest BCUT2D eigenvalue weighted by molar-refractivity contribution is -0.140. The van der Waals surface area contributed by atoms with Gasteiger partial charge in [0.05, 0.1) is 18.2 Å². The fourth-order valence-corrected chi connectivity index (χ4v) is 1.27. The van der Waals surface area contributed by atoms with Crippen molar-refractivity contribution in [2.45, 2.75) is 12.2 Å². The van der Waals surface area contributed by atoms with Crippen molar-refractivity contribution in [2.75, 3.05) is 13.7 Å². The summed E-state index contributed by atoms with van der Waals surface area (Å²) in [4.78, 5) is 0. The van der Waals surface area contributed by atoms with E-state index in [1.54, 1.807) is 0 Å². The summed E-state index contributed by atoms with van der Waals surface area (Å²) in [7, 11) is 1.40. The summed E-state index contributed by atoms with van der Waals surface area (Å²) in [6.45, 7) is 0.116. The number of rotatable bonds is 3. The molecule has 0 amide bonds. The Morgan fingerprint density at radius 3 is 2.35 bits per heavy atom. The number of hydrogen-bond donors (Lipinski definition) is 1. The monoisotopic (exact) mass is 273 g/mol.